The second kappa shape index (κ2) is 3.72. The zero-order valence-electron chi connectivity index (χ0n) is 7.18. The summed E-state index contributed by atoms with van der Waals surface area (Å²) >= 11 is 0. The molecule has 1 aliphatic carbocycles. The molecule has 11 heavy (non-hydrogen) atoms. The highest BCUT2D eigenvalue weighted by Crippen LogP contribution is 2.32. The standard InChI is InChI=1S/C8H16N2O/c1-6(7-4-3-5-7)8(11)10-9-2/h6-7,9H,3-5H2,1-2H3,(H,10,11). The molecule has 3 nitrogen and oxygen atoms in total. The molecule has 1 atom stereocenters. The van der Waals surface area contributed by atoms with E-state index in [1.54, 1.807) is 7.05 Å². The van der Waals surface area contributed by atoms with Crippen molar-refractivity contribution < 1.29 is 4.79 Å². The van der Waals surface area contributed by atoms with Crippen LogP contribution < -0.4 is 10.9 Å². The minimum Gasteiger partial charge on any atom is -0.292 e. The Kier molecular flexibility index (Phi) is 2.88. The lowest BCUT2D eigenvalue weighted by Crippen LogP contribution is -2.41. The van der Waals surface area contributed by atoms with Crippen molar-refractivity contribution in [2.24, 2.45) is 11.8 Å². The number of hydrogen-bond donors (Lipinski definition) is 2. The van der Waals surface area contributed by atoms with Gasteiger partial charge in [0.2, 0.25) is 5.91 Å². The Hall–Kier alpha value is -0.570. The first-order chi connectivity index (χ1) is 5.25. The van der Waals surface area contributed by atoms with E-state index in [0.29, 0.717) is 5.92 Å². The van der Waals surface area contributed by atoms with Gasteiger partial charge in [-0.05, 0) is 18.8 Å². The predicted octanol–water partition coefficient (Wildman–Crippen LogP) is 0.673. The van der Waals surface area contributed by atoms with E-state index in [1.807, 2.05) is 6.92 Å². The molecule has 0 aromatic rings. The lowest BCUT2D eigenvalue weighted by molar-refractivity contribution is -0.127. The monoisotopic (exact) mass is 156 g/mol. The number of hydrogen-bond acceptors (Lipinski definition) is 2. The van der Waals surface area contributed by atoms with Crippen LogP contribution in [-0.4, -0.2) is 13.0 Å². The normalized spacial score (nSPS) is 20.5. The van der Waals surface area contributed by atoms with Gasteiger partial charge < -0.3 is 0 Å². The highest BCUT2D eigenvalue weighted by molar-refractivity contribution is 5.78. The summed E-state index contributed by atoms with van der Waals surface area (Å²) in [5.74, 6) is 0.928. The molecule has 1 aliphatic rings. The summed E-state index contributed by atoms with van der Waals surface area (Å²) in [6.45, 7) is 2.00. The fraction of sp³-hybridized carbons (Fsp3) is 0.875. The molecule has 3 heteroatoms. The van der Waals surface area contributed by atoms with Gasteiger partial charge in [0.05, 0.1) is 0 Å². The first-order valence-electron chi connectivity index (χ1n) is 4.22. The number of nitrogens with one attached hydrogen (secondary N) is 2. The van der Waals surface area contributed by atoms with Gasteiger partial charge in [0.25, 0.3) is 0 Å². The maximum atomic E-state index is 11.2. The predicted molar refractivity (Wildman–Crippen MR) is 43.7 cm³/mol. The van der Waals surface area contributed by atoms with Gasteiger partial charge in [-0.25, -0.2) is 5.43 Å². The second-order valence-electron chi connectivity index (χ2n) is 3.22. The summed E-state index contributed by atoms with van der Waals surface area (Å²) in [5, 5.41) is 0. The molecule has 0 bridgehead atoms. The summed E-state index contributed by atoms with van der Waals surface area (Å²) in [5.41, 5.74) is 5.26. The second-order valence-corrected chi connectivity index (χ2v) is 3.22. The summed E-state index contributed by atoms with van der Waals surface area (Å²) in [4.78, 5) is 11.2. The summed E-state index contributed by atoms with van der Waals surface area (Å²) in [7, 11) is 1.71. The van der Waals surface area contributed by atoms with Crippen LogP contribution in [0.5, 0.6) is 0 Å². The van der Waals surface area contributed by atoms with Gasteiger partial charge in [0.15, 0.2) is 0 Å². The number of hydrazine groups is 1. The molecule has 0 spiro atoms. The van der Waals surface area contributed by atoms with Gasteiger partial charge in [-0.1, -0.05) is 13.3 Å². The lowest BCUT2D eigenvalue weighted by atomic mass is 9.76. The zero-order valence-corrected chi connectivity index (χ0v) is 7.18. The molecule has 0 saturated heterocycles. The van der Waals surface area contributed by atoms with Crippen molar-refractivity contribution in [1.82, 2.24) is 10.9 Å². The first-order valence-corrected chi connectivity index (χ1v) is 4.22. The smallest absolute Gasteiger partial charge is 0.237 e. The van der Waals surface area contributed by atoms with E-state index in [9.17, 15) is 4.79 Å². The molecule has 1 rings (SSSR count). The Morgan fingerprint density at radius 1 is 1.55 bits per heavy atom. The minimum absolute atomic E-state index is 0.122. The summed E-state index contributed by atoms with van der Waals surface area (Å²) in [6.07, 6.45) is 3.73. The molecule has 0 aliphatic heterocycles. The third-order valence-corrected chi connectivity index (χ3v) is 2.52. The molecule has 0 heterocycles. The van der Waals surface area contributed by atoms with Gasteiger partial charge >= 0.3 is 0 Å². The van der Waals surface area contributed by atoms with Crippen LogP contribution in [0.4, 0.5) is 0 Å². The van der Waals surface area contributed by atoms with Crippen molar-refractivity contribution in [3.05, 3.63) is 0 Å². The van der Waals surface area contributed by atoms with Crippen molar-refractivity contribution in [2.45, 2.75) is 26.2 Å². The van der Waals surface area contributed by atoms with Gasteiger partial charge in [0.1, 0.15) is 0 Å². The van der Waals surface area contributed by atoms with Gasteiger partial charge in [-0.2, -0.15) is 0 Å². The molecule has 0 aromatic heterocycles. The highest BCUT2D eigenvalue weighted by Gasteiger charge is 2.28. The van der Waals surface area contributed by atoms with Gasteiger partial charge in [0, 0.05) is 13.0 Å². The van der Waals surface area contributed by atoms with Crippen LogP contribution in [0.3, 0.4) is 0 Å². The van der Waals surface area contributed by atoms with Crippen molar-refractivity contribution in [1.29, 1.82) is 0 Å². The Bertz CT molecular complexity index is 143. The molecule has 1 fully saturated rings. The summed E-state index contributed by atoms with van der Waals surface area (Å²) in [6, 6.07) is 0. The van der Waals surface area contributed by atoms with E-state index in [4.69, 9.17) is 0 Å². The maximum absolute atomic E-state index is 11.2. The van der Waals surface area contributed by atoms with Crippen molar-refractivity contribution in [3.8, 4) is 0 Å². The average molecular weight is 156 g/mol. The minimum atomic E-state index is 0.122. The van der Waals surface area contributed by atoms with Crippen LogP contribution in [-0.2, 0) is 4.79 Å². The van der Waals surface area contributed by atoms with E-state index in [0.717, 1.165) is 0 Å². The van der Waals surface area contributed by atoms with Crippen LogP contribution >= 0.6 is 0 Å². The van der Waals surface area contributed by atoms with Crippen molar-refractivity contribution in [3.63, 3.8) is 0 Å². The number of carbonyl (C=O) groups is 1. The quantitative estimate of drug-likeness (QED) is 0.590. The largest absolute Gasteiger partial charge is 0.292 e. The molecule has 1 saturated carbocycles. The summed E-state index contributed by atoms with van der Waals surface area (Å²) < 4.78 is 0. The number of carbonyl (C=O) groups excluding carboxylic acids is 1. The van der Waals surface area contributed by atoms with E-state index >= 15 is 0 Å². The molecule has 64 valence electrons. The lowest BCUT2D eigenvalue weighted by Gasteiger charge is -2.30. The van der Waals surface area contributed by atoms with Crippen molar-refractivity contribution in [2.75, 3.05) is 7.05 Å². The van der Waals surface area contributed by atoms with Crippen LogP contribution in [0.25, 0.3) is 0 Å². The average Bonchev–Trinajstić information content (AvgIpc) is 1.84. The molecule has 0 aromatic carbocycles. The molecule has 2 N–H and O–H groups in total. The van der Waals surface area contributed by atoms with Crippen LogP contribution in [0.2, 0.25) is 0 Å². The maximum Gasteiger partial charge on any atom is 0.237 e. The van der Waals surface area contributed by atoms with Crippen LogP contribution in [0, 0.1) is 11.8 Å². The highest BCUT2D eigenvalue weighted by atomic mass is 16.2. The van der Waals surface area contributed by atoms with E-state index < -0.39 is 0 Å². The third-order valence-electron chi connectivity index (χ3n) is 2.52. The molecule has 1 unspecified atom stereocenters. The Balaban J connectivity index is 2.27. The molecular formula is C8H16N2O. The molecule has 1 amide bonds. The molecule has 0 radical (unpaired) electrons. The topological polar surface area (TPSA) is 41.1 Å². The third kappa shape index (κ3) is 1.93. The van der Waals surface area contributed by atoms with E-state index in [1.165, 1.54) is 19.3 Å². The van der Waals surface area contributed by atoms with Gasteiger partial charge in [-0.15, -0.1) is 0 Å². The Morgan fingerprint density at radius 2 is 2.18 bits per heavy atom. The van der Waals surface area contributed by atoms with E-state index in [-0.39, 0.29) is 11.8 Å². The van der Waals surface area contributed by atoms with Crippen molar-refractivity contribution >= 4 is 5.91 Å². The Morgan fingerprint density at radius 3 is 2.55 bits per heavy atom. The Labute approximate surface area is 67.5 Å². The fourth-order valence-corrected chi connectivity index (χ4v) is 1.39. The number of rotatable bonds is 3. The number of amides is 1. The van der Waals surface area contributed by atoms with Gasteiger partial charge in [-0.3, -0.25) is 10.2 Å². The molecular weight excluding hydrogens is 140 g/mol. The first kappa shape index (κ1) is 8.53. The fourth-order valence-electron chi connectivity index (χ4n) is 1.39. The zero-order chi connectivity index (χ0) is 8.27. The SMILES string of the molecule is CNNC(=O)C(C)C1CCC1. The van der Waals surface area contributed by atoms with Crippen LogP contribution in [0.1, 0.15) is 26.2 Å². The van der Waals surface area contributed by atoms with Crippen LogP contribution in [0.15, 0.2) is 0 Å². The van der Waals surface area contributed by atoms with E-state index in [2.05, 4.69) is 10.9 Å².